The Morgan fingerprint density at radius 2 is 2.06 bits per heavy atom. The maximum atomic E-state index is 6.30. The second-order valence-electron chi connectivity index (χ2n) is 5.00. The van der Waals surface area contributed by atoms with Crippen LogP contribution in [0.2, 0.25) is 5.15 Å². The van der Waals surface area contributed by atoms with Gasteiger partial charge in [-0.1, -0.05) is 40.4 Å². The molecule has 1 aliphatic rings. The normalized spacial score (nSPS) is 19.2. The Balaban J connectivity index is 2.25. The van der Waals surface area contributed by atoms with Gasteiger partial charge in [-0.2, -0.15) is 5.10 Å². The van der Waals surface area contributed by atoms with E-state index in [1.165, 1.54) is 31.2 Å². The first kappa shape index (κ1) is 12.4. The lowest BCUT2D eigenvalue weighted by Crippen LogP contribution is -2.21. The molecule has 16 heavy (non-hydrogen) atoms. The maximum absolute atomic E-state index is 6.30. The van der Waals surface area contributed by atoms with Crippen LogP contribution < -0.4 is 0 Å². The summed E-state index contributed by atoms with van der Waals surface area (Å²) in [5.74, 6) is 0. The van der Waals surface area contributed by atoms with Gasteiger partial charge in [-0.3, -0.25) is 4.68 Å². The van der Waals surface area contributed by atoms with Crippen LogP contribution in [0.15, 0.2) is 0 Å². The van der Waals surface area contributed by atoms with Crippen molar-refractivity contribution >= 4 is 27.5 Å². The van der Waals surface area contributed by atoms with Crippen molar-refractivity contribution < 1.29 is 0 Å². The minimum absolute atomic E-state index is 0.414. The molecule has 1 fully saturated rings. The van der Waals surface area contributed by atoms with Gasteiger partial charge in [0.25, 0.3) is 0 Å². The van der Waals surface area contributed by atoms with Crippen molar-refractivity contribution in [3.8, 4) is 0 Å². The van der Waals surface area contributed by atoms with Crippen LogP contribution in [-0.4, -0.2) is 15.1 Å². The first-order chi connectivity index (χ1) is 7.58. The number of hydrogen-bond acceptors (Lipinski definition) is 1. The predicted octanol–water partition coefficient (Wildman–Crippen LogP) is 3.88. The van der Waals surface area contributed by atoms with E-state index in [2.05, 4.69) is 28.0 Å². The van der Waals surface area contributed by atoms with E-state index in [1.54, 1.807) is 4.68 Å². The molecule has 0 bridgehead atoms. The Kier molecular flexibility index (Phi) is 3.65. The summed E-state index contributed by atoms with van der Waals surface area (Å²) in [6.07, 6.45) is 6.38. The highest BCUT2D eigenvalue weighted by molar-refractivity contribution is 9.09. The van der Waals surface area contributed by atoms with E-state index in [0.717, 1.165) is 22.6 Å². The van der Waals surface area contributed by atoms with Crippen LogP contribution >= 0.6 is 27.5 Å². The number of aryl methyl sites for hydroxylation is 2. The second kappa shape index (κ2) is 4.69. The van der Waals surface area contributed by atoms with E-state index in [4.69, 9.17) is 11.6 Å². The van der Waals surface area contributed by atoms with Crippen molar-refractivity contribution in [2.75, 3.05) is 5.33 Å². The van der Waals surface area contributed by atoms with E-state index in [1.807, 2.05) is 7.05 Å². The van der Waals surface area contributed by atoms with Crippen LogP contribution in [0.5, 0.6) is 0 Å². The highest BCUT2D eigenvalue weighted by atomic mass is 79.9. The van der Waals surface area contributed by atoms with Crippen molar-refractivity contribution in [1.29, 1.82) is 0 Å². The quantitative estimate of drug-likeness (QED) is 0.775. The third-order valence-corrected chi connectivity index (χ3v) is 5.43. The second-order valence-corrected chi connectivity index (χ2v) is 5.91. The number of aromatic nitrogens is 2. The summed E-state index contributed by atoms with van der Waals surface area (Å²) in [5.41, 5.74) is 2.74. The standard InChI is InChI=1S/C12H18BrClN2/c1-9-10(11(14)16(2)15-9)7-12(8-13)5-3-4-6-12/h3-8H2,1-2H3. The lowest BCUT2D eigenvalue weighted by atomic mass is 9.82. The number of halogens is 2. The molecule has 4 heteroatoms. The summed E-state index contributed by atoms with van der Waals surface area (Å²) in [6, 6.07) is 0. The fourth-order valence-electron chi connectivity index (χ4n) is 2.73. The van der Waals surface area contributed by atoms with Crippen LogP contribution in [0.25, 0.3) is 0 Å². The van der Waals surface area contributed by atoms with Gasteiger partial charge in [0, 0.05) is 17.9 Å². The summed E-state index contributed by atoms with van der Waals surface area (Å²) in [7, 11) is 1.91. The van der Waals surface area contributed by atoms with Crippen molar-refractivity contribution in [2.24, 2.45) is 12.5 Å². The molecule has 0 aliphatic heterocycles. The third kappa shape index (κ3) is 2.17. The van der Waals surface area contributed by atoms with Crippen molar-refractivity contribution in [1.82, 2.24) is 9.78 Å². The summed E-state index contributed by atoms with van der Waals surface area (Å²) in [4.78, 5) is 0. The van der Waals surface area contributed by atoms with Crippen LogP contribution in [0.3, 0.4) is 0 Å². The van der Waals surface area contributed by atoms with E-state index >= 15 is 0 Å². The molecule has 0 atom stereocenters. The summed E-state index contributed by atoms with van der Waals surface area (Å²) >= 11 is 9.97. The van der Waals surface area contributed by atoms with Gasteiger partial charge in [0.05, 0.1) is 5.69 Å². The number of alkyl halides is 1. The Morgan fingerprint density at radius 3 is 2.50 bits per heavy atom. The first-order valence-corrected chi connectivity index (χ1v) is 7.32. The number of hydrogen-bond donors (Lipinski definition) is 0. The van der Waals surface area contributed by atoms with Crippen molar-refractivity contribution in [3.05, 3.63) is 16.4 Å². The van der Waals surface area contributed by atoms with E-state index in [9.17, 15) is 0 Å². The van der Waals surface area contributed by atoms with Gasteiger partial charge in [-0.25, -0.2) is 0 Å². The van der Waals surface area contributed by atoms with Gasteiger partial charge in [0.15, 0.2) is 0 Å². The summed E-state index contributed by atoms with van der Waals surface area (Å²) < 4.78 is 1.78. The van der Waals surface area contributed by atoms with Crippen LogP contribution in [0.4, 0.5) is 0 Å². The van der Waals surface area contributed by atoms with Crippen LogP contribution in [-0.2, 0) is 13.5 Å². The lowest BCUT2D eigenvalue weighted by Gasteiger charge is -2.26. The van der Waals surface area contributed by atoms with Crippen LogP contribution in [0, 0.1) is 12.3 Å². The summed E-state index contributed by atoms with van der Waals surface area (Å²) in [6.45, 7) is 2.05. The molecule has 0 N–H and O–H groups in total. The maximum Gasteiger partial charge on any atom is 0.130 e. The Hall–Kier alpha value is -0.0200. The zero-order chi connectivity index (χ0) is 11.8. The van der Waals surface area contributed by atoms with E-state index in [-0.39, 0.29) is 0 Å². The average molecular weight is 306 g/mol. The molecule has 0 unspecified atom stereocenters. The first-order valence-electron chi connectivity index (χ1n) is 5.82. The molecular formula is C12H18BrClN2. The van der Waals surface area contributed by atoms with E-state index < -0.39 is 0 Å². The molecule has 2 rings (SSSR count). The molecule has 1 aromatic rings. The highest BCUT2D eigenvalue weighted by Crippen LogP contribution is 2.43. The molecule has 0 aromatic carbocycles. The molecule has 1 aromatic heterocycles. The van der Waals surface area contributed by atoms with E-state index in [0.29, 0.717) is 5.41 Å². The molecule has 1 aliphatic carbocycles. The molecule has 90 valence electrons. The minimum Gasteiger partial charge on any atom is -0.257 e. The molecular weight excluding hydrogens is 288 g/mol. The van der Waals surface area contributed by atoms with Gasteiger partial charge in [-0.05, 0) is 31.6 Å². The van der Waals surface area contributed by atoms with Crippen molar-refractivity contribution in [2.45, 2.75) is 39.0 Å². The smallest absolute Gasteiger partial charge is 0.130 e. The lowest BCUT2D eigenvalue weighted by molar-refractivity contribution is 0.346. The predicted molar refractivity (Wildman–Crippen MR) is 71.4 cm³/mol. The largest absolute Gasteiger partial charge is 0.257 e. The molecule has 1 heterocycles. The van der Waals surface area contributed by atoms with Crippen LogP contribution in [0.1, 0.15) is 36.9 Å². The fraction of sp³-hybridized carbons (Fsp3) is 0.750. The van der Waals surface area contributed by atoms with Gasteiger partial charge in [0.1, 0.15) is 5.15 Å². The number of rotatable bonds is 3. The molecule has 0 amide bonds. The molecule has 0 saturated heterocycles. The monoisotopic (exact) mass is 304 g/mol. The van der Waals surface area contributed by atoms with Gasteiger partial charge in [0.2, 0.25) is 0 Å². The number of nitrogens with zero attached hydrogens (tertiary/aromatic N) is 2. The Labute approximate surface area is 110 Å². The minimum atomic E-state index is 0.414. The summed E-state index contributed by atoms with van der Waals surface area (Å²) in [5, 5.41) is 6.27. The Bertz CT molecular complexity index is 381. The van der Waals surface area contributed by atoms with Gasteiger partial charge in [-0.15, -0.1) is 0 Å². The van der Waals surface area contributed by atoms with Crippen molar-refractivity contribution in [3.63, 3.8) is 0 Å². The molecule has 0 spiro atoms. The molecule has 0 radical (unpaired) electrons. The SMILES string of the molecule is Cc1nn(C)c(Cl)c1CC1(CBr)CCCC1. The fourth-order valence-corrected chi connectivity index (χ4v) is 3.73. The molecule has 1 saturated carbocycles. The average Bonchev–Trinajstić information content (AvgIpc) is 2.81. The highest BCUT2D eigenvalue weighted by Gasteiger charge is 2.34. The zero-order valence-electron chi connectivity index (χ0n) is 9.89. The van der Waals surface area contributed by atoms with Gasteiger partial charge < -0.3 is 0 Å². The van der Waals surface area contributed by atoms with Gasteiger partial charge >= 0.3 is 0 Å². The third-order valence-electron chi connectivity index (χ3n) is 3.77. The Morgan fingerprint density at radius 1 is 1.44 bits per heavy atom. The molecule has 2 nitrogen and oxygen atoms in total. The zero-order valence-corrected chi connectivity index (χ0v) is 12.2. The topological polar surface area (TPSA) is 17.8 Å².